The third-order valence-corrected chi connectivity index (χ3v) is 3.88. The normalized spacial score (nSPS) is 10.5. The number of aromatic hydroxyl groups is 1. The highest BCUT2D eigenvalue weighted by molar-refractivity contribution is 14.1. The molecule has 0 saturated heterocycles. The Bertz CT molecular complexity index is 587. The van der Waals surface area contributed by atoms with Gasteiger partial charge in [0.2, 0.25) is 0 Å². The van der Waals surface area contributed by atoms with Crippen molar-refractivity contribution in [2.45, 2.75) is 19.8 Å². The Balaban J connectivity index is 2.54. The lowest BCUT2D eigenvalue weighted by atomic mass is 10.2. The molecule has 0 spiro atoms. The van der Waals surface area contributed by atoms with E-state index >= 15 is 0 Å². The number of rotatable bonds is 4. The molecular formula is C14H16IN3O. The van der Waals surface area contributed by atoms with Gasteiger partial charge in [0.25, 0.3) is 0 Å². The molecule has 0 radical (unpaired) electrons. The number of phenolic OH excluding ortho intramolecular Hbond substituents is 1. The monoisotopic (exact) mass is 369 g/mol. The molecule has 0 atom stereocenters. The van der Waals surface area contributed by atoms with E-state index in [1.165, 1.54) is 0 Å². The average Bonchev–Trinajstić information content (AvgIpc) is 2.41. The number of hydrogen-bond acceptors (Lipinski definition) is 4. The van der Waals surface area contributed by atoms with Crippen LogP contribution >= 0.6 is 22.6 Å². The van der Waals surface area contributed by atoms with Crippen molar-refractivity contribution in [3.63, 3.8) is 0 Å². The van der Waals surface area contributed by atoms with Gasteiger partial charge in [0.1, 0.15) is 11.6 Å². The lowest BCUT2D eigenvalue weighted by Gasteiger charge is -2.11. The molecule has 0 aliphatic heterocycles. The molecule has 0 bridgehead atoms. The topological polar surface area (TPSA) is 58.0 Å². The van der Waals surface area contributed by atoms with Crippen molar-refractivity contribution in [1.29, 1.82) is 0 Å². The molecule has 5 heteroatoms. The Morgan fingerprint density at radius 2 is 2.11 bits per heavy atom. The predicted octanol–water partition coefficient (Wildman–Crippen LogP) is 3.45. The smallest absolute Gasteiger partial charge is 0.161 e. The van der Waals surface area contributed by atoms with Crippen LogP contribution in [0.4, 0.5) is 5.82 Å². The van der Waals surface area contributed by atoms with E-state index < -0.39 is 0 Å². The van der Waals surface area contributed by atoms with E-state index in [9.17, 15) is 5.11 Å². The number of aromatic nitrogens is 2. The zero-order valence-electron chi connectivity index (χ0n) is 10.9. The van der Waals surface area contributed by atoms with Crippen molar-refractivity contribution in [1.82, 2.24) is 9.97 Å². The highest BCUT2D eigenvalue weighted by Gasteiger charge is 2.12. The third kappa shape index (κ3) is 3.15. The lowest BCUT2D eigenvalue weighted by Crippen LogP contribution is -2.05. The summed E-state index contributed by atoms with van der Waals surface area (Å²) in [6, 6.07) is 7.01. The molecule has 0 aliphatic carbocycles. The van der Waals surface area contributed by atoms with E-state index in [2.05, 4.69) is 44.8 Å². The Labute approximate surface area is 126 Å². The summed E-state index contributed by atoms with van der Waals surface area (Å²) >= 11 is 2.27. The van der Waals surface area contributed by atoms with Crippen LogP contribution in [0.25, 0.3) is 11.4 Å². The summed E-state index contributed by atoms with van der Waals surface area (Å²) in [5.74, 6) is 1.70. The van der Waals surface area contributed by atoms with Gasteiger partial charge in [-0.1, -0.05) is 25.5 Å². The molecule has 0 saturated carbocycles. The van der Waals surface area contributed by atoms with Crippen molar-refractivity contribution < 1.29 is 5.11 Å². The van der Waals surface area contributed by atoms with Gasteiger partial charge < -0.3 is 10.4 Å². The zero-order chi connectivity index (χ0) is 13.8. The summed E-state index contributed by atoms with van der Waals surface area (Å²) in [6.45, 7) is 2.13. The molecule has 0 aliphatic rings. The highest BCUT2D eigenvalue weighted by atomic mass is 127. The average molecular weight is 369 g/mol. The number of aryl methyl sites for hydroxylation is 1. The van der Waals surface area contributed by atoms with Gasteiger partial charge in [-0.25, -0.2) is 9.97 Å². The van der Waals surface area contributed by atoms with E-state index in [1.54, 1.807) is 18.2 Å². The Hall–Kier alpha value is -1.37. The van der Waals surface area contributed by atoms with Crippen LogP contribution in [0.1, 0.15) is 19.0 Å². The number of nitrogens with one attached hydrogen (secondary N) is 1. The van der Waals surface area contributed by atoms with Gasteiger partial charge in [-0.2, -0.15) is 0 Å². The minimum Gasteiger partial charge on any atom is -0.508 e. The fraction of sp³-hybridized carbons (Fsp3) is 0.286. The quantitative estimate of drug-likeness (QED) is 0.811. The summed E-state index contributed by atoms with van der Waals surface area (Å²) in [5, 5.41) is 12.7. The first-order chi connectivity index (χ1) is 9.15. The molecular weight excluding hydrogens is 353 g/mol. The van der Waals surface area contributed by atoms with Crippen LogP contribution in [0.2, 0.25) is 0 Å². The SMILES string of the molecule is CCCc1nc(-c2cccc(O)c2)nc(NC)c1I. The van der Waals surface area contributed by atoms with E-state index in [4.69, 9.17) is 0 Å². The number of hydrogen-bond donors (Lipinski definition) is 2. The fourth-order valence-electron chi connectivity index (χ4n) is 1.84. The largest absolute Gasteiger partial charge is 0.508 e. The minimum atomic E-state index is 0.225. The van der Waals surface area contributed by atoms with Crippen LogP contribution in [-0.4, -0.2) is 22.1 Å². The molecule has 0 fully saturated rings. The van der Waals surface area contributed by atoms with Crippen molar-refractivity contribution in [2.75, 3.05) is 12.4 Å². The van der Waals surface area contributed by atoms with Gasteiger partial charge in [-0.3, -0.25) is 0 Å². The Morgan fingerprint density at radius 1 is 1.32 bits per heavy atom. The van der Waals surface area contributed by atoms with E-state index in [0.717, 1.165) is 33.5 Å². The number of benzene rings is 1. The molecule has 2 N–H and O–H groups in total. The second-order valence-corrected chi connectivity index (χ2v) is 5.29. The van der Waals surface area contributed by atoms with Crippen molar-refractivity contribution in [3.8, 4) is 17.1 Å². The maximum absolute atomic E-state index is 9.56. The molecule has 0 amide bonds. The van der Waals surface area contributed by atoms with Crippen LogP contribution < -0.4 is 5.32 Å². The minimum absolute atomic E-state index is 0.225. The maximum atomic E-state index is 9.56. The zero-order valence-corrected chi connectivity index (χ0v) is 13.1. The molecule has 1 aromatic carbocycles. The second-order valence-electron chi connectivity index (χ2n) is 4.21. The van der Waals surface area contributed by atoms with Crippen LogP contribution in [0, 0.1) is 3.57 Å². The first-order valence-electron chi connectivity index (χ1n) is 6.19. The Kier molecular flexibility index (Phi) is 4.57. The second kappa shape index (κ2) is 6.18. The molecule has 1 heterocycles. The molecule has 4 nitrogen and oxygen atoms in total. The first kappa shape index (κ1) is 14.0. The van der Waals surface area contributed by atoms with Crippen LogP contribution in [-0.2, 0) is 6.42 Å². The maximum Gasteiger partial charge on any atom is 0.161 e. The van der Waals surface area contributed by atoms with E-state index in [-0.39, 0.29) is 5.75 Å². The predicted molar refractivity (Wildman–Crippen MR) is 85.4 cm³/mol. The van der Waals surface area contributed by atoms with Crippen LogP contribution in [0.5, 0.6) is 5.75 Å². The molecule has 19 heavy (non-hydrogen) atoms. The molecule has 0 unspecified atom stereocenters. The fourth-order valence-corrected chi connectivity index (χ4v) is 2.62. The lowest BCUT2D eigenvalue weighted by molar-refractivity contribution is 0.475. The molecule has 1 aromatic heterocycles. The van der Waals surface area contributed by atoms with E-state index in [1.807, 2.05) is 13.1 Å². The number of phenols is 1. The van der Waals surface area contributed by atoms with Gasteiger partial charge in [-0.15, -0.1) is 0 Å². The van der Waals surface area contributed by atoms with Gasteiger partial charge in [0.15, 0.2) is 5.82 Å². The number of nitrogens with zero attached hydrogens (tertiary/aromatic N) is 2. The summed E-state index contributed by atoms with van der Waals surface area (Å²) in [4.78, 5) is 9.12. The standard InChI is InChI=1S/C14H16IN3O/c1-3-5-11-12(15)14(16-2)18-13(17-11)9-6-4-7-10(19)8-9/h4,6-8,19H,3,5H2,1-2H3,(H,16,17,18). The highest BCUT2D eigenvalue weighted by Crippen LogP contribution is 2.26. The number of halogens is 1. The van der Waals surface area contributed by atoms with Crippen molar-refractivity contribution in [3.05, 3.63) is 33.5 Å². The molecule has 2 rings (SSSR count). The van der Waals surface area contributed by atoms with Gasteiger partial charge in [-0.05, 0) is 41.1 Å². The van der Waals surface area contributed by atoms with Crippen LogP contribution in [0.15, 0.2) is 24.3 Å². The van der Waals surface area contributed by atoms with Crippen LogP contribution in [0.3, 0.4) is 0 Å². The first-order valence-corrected chi connectivity index (χ1v) is 7.27. The molecule has 2 aromatic rings. The third-order valence-electron chi connectivity index (χ3n) is 2.75. The molecule has 100 valence electrons. The number of anilines is 1. The summed E-state index contributed by atoms with van der Waals surface area (Å²) in [6.07, 6.45) is 1.96. The summed E-state index contributed by atoms with van der Waals surface area (Å²) < 4.78 is 1.06. The van der Waals surface area contributed by atoms with E-state index in [0.29, 0.717) is 5.82 Å². The summed E-state index contributed by atoms with van der Waals surface area (Å²) in [5.41, 5.74) is 1.87. The van der Waals surface area contributed by atoms with Crippen molar-refractivity contribution in [2.24, 2.45) is 0 Å². The van der Waals surface area contributed by atoms with Gasteiger partial charge in [0.05, 0.1) is 9.26 Å². The van der Waals surface area contributed by atoms with Gasteiger partial charge >= 0.3 is 0 Å². The van der Waals surface area contributed by atoms with Crippen molar-refractivity contribution >= 4 is 28.4 Å². The Morgan fingerprint density at radius 3 is 2.74 bits per heavy atom. The summed E-state index contributed by atoms with van der Waals surface area (Å²) in [7, 11) is 1.85. The van der Waals surface area contributed by atoms with Gasteiger partial charge in [0, 0.05) is 12.6 Å².